The second-order valence-electron chi connectivity index (χ2n) is 6.94. The third kappa shape index (κ3) is 6.86. The summed E-state index contributed by atoms with van der Waals surface area (Å²) >= 11 is 1.29. The van der Waals surface area contributed by atoms with Gasteiger partial charge in [0, 0.05) is 25.6 Å². The predicted molar refractivity (Wildman–Crippen MR) is 122 cm³/mol. The van der Waals surface area contributed by atoms with Crippen molar-refractivity contribution >= 4 is 29.0 Å². The van der Waals surface area contributed by atoms with Crippen molar-refractivity contribution in [2.24, 2.45) is 0 Å². The number of thiazole rings is 1. The second kappa shape index (κ2) is 11.9. The van der Waals surface area contributed by atoms with E-state index in [0.717, 1.165) is 12.0 Å². The molecule has 7 nitrogen and oxygen atoms in total. The number of para-hydroxylation sites is 1. The molecule has 0 spiro atoms. The highest BCUT2D eigenvalue weighted by Crippen LogP contribution is 2.16. The van der Waals surface area contributed by atoms with Crippen LogP contribution < -0.4 is 10.6 Å². The van der Waals surface area contributed by atoms with Crippen molar-refractivity contribution < 1.29 is 18.7 Å². The van der Waals surface area contributed by atoms with E-state index in [0.29, 0.717) is 23.9 Å². The zero-order chi connectivity index (χ0) is 22.8. The molecule has 2 aromatic carbocycles. The van der Waals surface area contributed by atoms with Gasteiger partial charge in [0.2, 0.25) is 0 Å². The summed E-state index contributed by atoms with van der Waals surface area (Å²) in [6.07, 6.45) is 0.727. The third-order valence-corrected chi connectivity index (χ3v) is 5.45. The van der Waals surface area contributed by atoms with Crippen LogP contribution in [0.15, 0.2) is 60.0 Å². The normalized spacial score (nSPS) is 10.6. The van der Waals surface area contributed by atoms with Crippen molar-refractivity contribution in [1.82, 2.24) is 15.2 Å². The van der Waals surface area contributed by atoms with Crippen LogP contribution in [0.2, 0.25) is 0 Å². The number of hydrogen-bond acceptors (Lipinski definition) is 5. The Balaban J connectivity index is 1.57. The SMILES string of the molecule is COCCN(Cc1nc(C(=O)NCCc2ccccc2)cs1)C(=O)Nc1ccccc1F. The summed E-state index contributed by atoms with van der Waals surface area (Å²) in [7, 11) is 1.54. The number of carbonyl (C=O) groups is 2. The Morgan fingerprint density at radius 1 is 1.12 bits per heavy atom. The zero-order valence-electron chi connectivity index (χ0n) is 17.7. The largest absolute Gasteiger partial charge is 0.383 e. The van der Waals surface area contributed by atoms with Gasteiger partial charge in [-0.25, -0.2) is 14.2 Å². The van der Waals surface area contributed by atoms with Gasteiger partial charge in [-0.15, -0.1) is 11.3 Å². The number of benzene rings is 2. The number of hydrogen-bond donors (Lipinski definition) is 2. The molecular weight excluding hydrogens is 431 g/mol. The molecule has 0 aliphatic carbocycles. The van der Waals surface area contributed by atoms with Crippen LogP contribution >= 0.6 is 11.3 Å². The monoisotopic (exact) mass is 456 g/mol. The number of carbonyl (C=O) groups excluding carboxylic acids is 2. The lowest BCUT2D eigenvalue weighted by Gasteiger charge is -2.22. The topological polar surface area (TPSA) is 83.6 Å². The van der Waals surface area contributed by atoms with E-state index >= 15 is 0 Å². The van der Waals surface area contributed by atoms with E-state index in [-0.39, 0.29) is 24.7 Å². The molecule has 3 rings (SSSR count). The van der Waals surface area contributed by atoms with Gasteiger partial charge < -0.3 is 20.3 Å². The van der Waals surface area contributed by atoms with E-state index in [2.05, 4.69) is 15.6 Å². The van der Waals surface area contributed by atoms with Crippen molar-refractivity contribution in [3.63, 3.8) is 0 Å². The van der Waals surface area contributed by atoms with E-state index < -0.39 is 11.8 Å². The number of methoxy groups -OCH3 is 1. The van der Waals surface area contributed by atoms with Crippen molar-refractivity contribution in [1.29, 1.82) is 0 Å². The molecule has 0 bridgehead atoms. The number of nitrogens with zero attached hydrogens (tertiary/aromatic N) is 2. The predicted octanol–water partition coefficient (Wildman–Crippen LogP) is 3.94. The molecule has 168 valence electrons. The van der Waals surface area contributed by atoms with Gasteiger partial charge in [-0.05, 0) is 24.1 Å². The number of nitrogens with one attached hydrogen (secondary N) is 2. The minimum Gasteiger partial charge on any atom is -0.383 e. The summed E-state index contributed by atoms with van der Waals surface area (Å²) in [6, 6.07) is 15.4. The molecule has 0 unspecified atom stereocenters. The molecule has 0 radical (unpaired) electrons. The van der Waals surface area contributed by atoms with Crippen molar-refractivity contribution in [2.75, 3.05) is 32.1 Å². The van der Waals surface area contributed by atoms with Crippen LogP contribution in [0.1, 0.15) is 21.1 Å². The number of amides is 3. The Morgan fingerprint density at radius 3 is 2.62 bits per heavy atom. The van der Waals surface area contributed by atoms with E-state index in [1.807, 2.05) is 30.3 Å². The van der Waals surface area contributed by atoms with Crippen molar-refractivity contribution in [3.05, 3.63) is 82.1 Å². The molecule has 0 saturated carbocycles. The number of ether oxygens (including phenoxy) is 1. The first-order valence-corrected chi connectivity index (χ1v) is 11.0. The van der Waals surface area contributed by atoms with E-state index in [9.17, 15) is 14.0 Å². The maximum Gasteiger partial charge on any atom is 0.322 e. The molecule has 3 amide bonds. The molecule has 0 fully saturated rings. The summed E-state index contributed by atoms with van der Waals surface area (Å²) in [5, 5.41) is 7.69. The molecule has 3 aromatic rings. The Hall–Kier alpha value is -3.30. The molecule has 0 atom stereocenters. The lowest BCUT2D eigenvalue weighted by Crippen LogP contribution is -2.37. The van der Waals surface area contributed by atoms with Crippen LogP contribution in [0.3, 0.4) is 0 Å². The molecule has 1 aromatic heterocycles. The van der Waals surface area contributed by atoms with Crippen LogP contribution in [0, 0.1) is 5.82 Å². The summed E-state index contributed by atoms with van der Waals surface area (Å²) in [4.78, 5) is 30.9. The fourth-order valence-corrected chi connectivity index (χ4v) is 3.71. The summed E-state index contributed by atoms with van der Waals surface area (Å²) in [5.41, 5.74) is 1.54. The van der Waals surface area contributed by atoms with Gasteiger partial charge in [0.15, 0.2) is 0 Å². The van der Waals surface area contributed by atoms with Gasteiger partial charge >= 0.3 is 6.03 Å². The minimum atomic E-state index is -0.517. The molecular formula is C23H25FN4O3S. The maximum absolute atomic E-state index is 13.9. The highest BCUT2D eigenvalue weighted by Gasteiger charge is 2.18. The molecule has 9 heteroatoms. The highest BCUT2D eigenvalue weighted by molar-refractivity contribution is 7.09. The van der Waals surface area contributed by atoms with Gasteiger partial charge in [-0.2, -0.15) is 0 Å². The van der Waals surface area contributed by atoms with Gasteiger partial charge in [-0.3, -0.25) is 4.79 Å². The molecule has 1 heterocycles. The number of urea groups is 1. The maximum atomic E-state index is 13.9. The average molecular weight is 457 g/mol. The first kappa shape index (κ1) is 23.4. The van der Waals surface area contributed by atoms with Gasteiger partial charge in [0.05, 0.1) is 18.8 Å². The Morgan fingerprint density at radius 2 is 1.88 bits per heavy atom. The molecule has 32 heavy (non-hydrogen) atoms. The van der Waals surface area contributed by atoms with E-state index in [4.69, 9.17) is 4.74 Å². The van der Waals surface area contributed by atoms with Crippen molar-refractivity contribution in [2.45, 2.75) is 13.0 Å². The van der Waals surface area contributed by atoms with Crippen LogP contribution in [0.4, 0.5) is 14.9 Å². The Bertz CT molecular complexity index is 1030. The van der Waals surface area contributed by atoms with Crippen LogP contribution in [-0.4, -0.2) is 48.6 Å². The standard InChI is InChI=1S/C23H25FN4O3S/c1-31-14-13-28(23(30)27-19-10-6-5-9-18(19)24)15-21-26-20(16-32-21)22(29)25-12-11-17-7-3-2-4-8-17/h2-10,16H,11-15H2,1H3,(H,25,29)(H,27,30). The number of anilines is 1. The summed E-state index contributed by atoms with van der Waals surface area (Å²) in [6.45, 7) is 1.27. The molecule has 0 aliphatic rings. The molecule has 0 saturated heterocycles. The number of aromatic nitrogens is 1. The highest BCUT2D eigenvalue weighted by atomic mass is 32.1. The first-order valence-electron chi connectivity index (χ1n) is 10.1. The fraction of sp³-hybridized carbons (Fsp3) is 0.261. The lowest BCUT2D eigenvalue weighted by atomic mass is 10.1. The number of halogens is 1. The van der Waals surface area contributed by atoms with Crippen LogP contribution in [0.25, 0.3) is 0 Å². The number of rotatable bonds is 10. The van der Waals surface area contributed by atoms with Crippen molar-refractivity contribution in [3.8, 4) is 0 Å². The molecule has 0 aliphatic heterocycles. The third-order valence-electron chi connectivity index (χ3n) is 4.62. The molecule has 2 N–H and O–H groups in total. The summed E-state index contributed by atoms with van der Waals surface area (Å²) in [5.74, 6) is -0.779. The first-order chi connectivity index (χ1) is 15.6. The lowest BCUT2D eigenvalue weighted by molar-refractivity contribution is 0.0949. The Kier molecular flexibility index (Phi) is 8.70. The van der Waals surface area contributed by atoms with Crippen LogP contribution in [0.5, 0.6) is 0 Å². The van der Waals surface area contributed by atoms with E-state index in [1.165, 1.54) is 35.5 Å². The quantitative estimate of drug-likeness (QED) is 0.484. The van der Waals surface area contributed by atoms with Gasteiger partial charge in [-0.1, -0.05) is 42.5 Å². The van der Waals surface area contributed by atoms with Gasteiger partial charge in [0.1, 0.15) is 16.5 Å². The second-order valence-corrected chi connectivity index (χ2v) is 7.88. The zero-order valence-corrected chi connectivity index (χ0v) is 18.5. The smallest absolute Gasteiger partial charge is 0.322 e. The minimum absolute atomic E-state index is 0.0949. The van der Waals surface area contributed by atoms with E-state index in [1.54, 1.807) is 17.5 Å². The average Bonchev–Trinajstić information content (AvgIpc) is 3.27. The summed E-state index contributed by atoms with van der Waals surface area (Å²) < 4.78 is 19.0. The van der Waals surface area contributed by atoms with Crippen LogP contribution in [-0.2, 0) is 17.7 Å². The fourth-order valence-electron chi connectivity index (χ4n) is 2.92. The Labute approximate surface area is 190 Å². The van der Waals surface area contributed by atoms with Gasteiger partial charge in [0.25, 0.3) is 5.91 Å².